The second-order valence-corrected chi connectivity index (χ2v) is 6.79. The lowest BCUT2D eigenvalue weighted by molar-refractivity contribution is 0.244. The first kappa shape index (κ1) is 17.3. The molecule has 2 amide bonds. The first-order valence-electron chi connectivity index (χ1n) is 8.98. The molecule has 0 atom stereocenters. The molecule has 3 N–H and O–H groups in total. The van der Waals surface area contributed by atoms with Crippen molar-refractivity contribution in [2.75, 3.05) is 10.6 Å². The Morgan fingerprint density at radius 2 is 1.76 bits per heavy atom. The lowest BCUT2D eigenvalue weighted by atomic mass is 9.96. The molecular weight excluding hydrogens is 312 g/mol. The Bertz CT molecular complexity index is 721. The van der Waals surface area contributed by atoms with Gasteiger partial charge < -0.3 is 16.0 Å². The van der Waals surface area contributed by atoms with Crippen LogP contribution in [0.5, 0.6) is 0 Å². The fraction of sp³-hybridized carbons (Fsp3) is 0.400. The molecule has 0 bridgehead atoms. The lowest BCUT2D eigenvalue weighted by Crippen LogP contribution is -2.39. The van der Waals surface area contributed by atoms with E-state index in [1.54, 1.807) is 6.20 Å². The third-order valence-corrected chi connectivity index (χ3v) is 4.74. The van der Waals surface area contributed by atoms with Gasteiger partial charge in [0.15, 0.2) is 0 Å². The molecule has 2 aromatic rings. The van der Waals surface area contributed by atoms with E-state index >= 15 is 0 Å². The van der Waals surface area contributed by atoms with Crippen molar-refractivity contribution in [3.63, 3.8) is 0 Å². The van der Waals surface area contributed by atoms with E-state index in [1.807, 2.05) is 18.2 Å². The van der Waals surface area contributed by atoms with Gasteiger partial charge in [0.2, 0.25) is 0 Å². The molecule has 0 unspecified atom stereocenters. The number of benzene rings is 1. The SMILES string of the molecule is Cc1ccc(Nc2ccc(NC(=O)NC3CCCCC3)cn2)cc1C. The van der Waals surface area contributed by atoms with Crippen molar-refractivity contribution < 1.29 is 4.79 Å². The Balaban J connectivity index is 1.54. The number of aromatic nitrogens is 1. The monoisotopic (exact) mass is 338 g/mol. The van der Waals surface area contributed by atoms with Gasteiger partial charge in [0.25, 0.3) is 0 Å². The maximum atomic E-state index is 12.1. The quantitative estimate of drug-likeness (QED) is 0.743. The zero-order chi connectivity index (χ0) is 17.6. The molecule has 1 aromatic heterocycles. The summed E-state index contributed by atoms with van der Waals surface area (Å²) in [6.07, 6.45) is 7.49. The van der Waals surface area contributed by atoms with Gasteiger partial charge in [0.1, 0.15) is 5.82 Å². The molecule has 1 aromatic carbocycles. The van der Waals surface area contributed by atoms with Crippen LogP contribution in [-0.2, 0) is 0 Å². The number of nitrogens with one attached hydrogen (secondary N) is 3. The maximum Gasteiger partial charge on any atom is 0.319 e. The molecule has 5 heteroatoms. The second kappa shape index (κ2) is 8.01. The van der Waals surface area contributed by atoms with Crippen LogP contribution in [-0.4, -0.2) is 17.1 Å². The van der Waals surface area contributed by atoms with E-state index in [9.17, 15) is 4.79 Å². The smallest absolute Gasteiger partial charge is 0.319 e. The van der Waals surface area contributed by atoms with E-state index in [4.69, 9.17) is 0 Å². The summed E-state index contributed by atoms with van der Waals surface area (Å²) in [5, 5.41) is 9.18. The van der Waals surface area contributed by atoms with E-state index in [1.165, 1.54) is 30.4 Å². The summed E-state index contributed by atoms with van der Waals surface area (Å²) in [5.41, 5.74) is 4.20. The number of hydrogen-bond donors (Lipinski definition) is 3. The molecule has 1 aliphatic carbocycles. The summed E-state index contributed by atoms with van der Waals surface area (Å²) < 4.78 is 0. The predicted octanol–water partition coefficient (Wildman–Crippen LogP) is 4.90. The molecule has 5 nitrogen and oxygen atoms in total. The highest BCUT2D eigenvalue weighted by molar-refractivity contribution is 5.89. The molecular formula is C20H26N4O. The number of hydrogen-bond acceptors (Lipinski definition) is 3. The summed E-state index contributed by atoms with van der Waals surface area (Å²) >= 11 is 0. The third-order valence-electron chi connectivity index (χ3n) is 4.74. The number of nitrogens with zero attached hydrogens (tertiary/aromatic N) is 1. The third kappa shape index (κ3) is 4.95. The van der Waals surface area contributed by atoms with Crippen LogP contribution in [0.15, 0.2) is 36.5 Å². The largest absolute Gasteiger partial charge is 0.340 e. The summed E-state index contributed by atoms with van der Waals surface area (Å²) in [7, 11) is 0. The number of rotatable bonds is 4. The first-order chi connectivity index (χ1) is 12.1. The zero-order valence-electron chi connectivity index (χ0n) is 14.9. The van der Waals surface area contributed by atoms with Crippen LogP contribution in [0.25, 0.3) is 0 Å². The molecule has 1 aliphatic rings. The molecule has 1 heterocycles. The Labute approximate surface area is 149 Å². The number of carbonyl (C=O) groups is 1. The van der Waals surface area contributed by atoms with Crippen LogP contribution in [0.2, 0.25) is 0 Å². The van der Waals surface area contributed by atoms with Crippen LogP contribution in [0.3, 0.4) is 0 Å². The number of anilines is 3. The molecule has 0 aliphatic heterocycles. The van der Waals surface area contributed by atoms with Gasteiger partial charge >= 0.3 is 6.03 Å². The average molecular weight is 338 g/mol. The van der Waals surface area contributed by atoms with Crippen LogP contribution < -0.4 is 16.0 Å². The molecule has 1 saturated carbocycles. The van der Waals surface area contributed by atoms with Crippen molar-refractivity contribution in [2.45, 2.75) is 52.0 Å². The summed E-state index contributed by atoms with van der Waals surface area (Å²) in [6, 6.07) is 10.1. The number of amides is 2. The van der Waals surface area contributed by atoms with Crippen LogP contribution in [0, 0.1) is 13.8 Å². The standard InChI is InChI=1S/C20H26N4O/c1-14-8-9-17(12-15(14)2)22-19-11-10-18(13-21-19)24-20(25)23-16-6-4-3-5-7-16/h8-13,16H,3-7H2,1-2H3,(H,21,22)(H2,23,24,25). The molecule has 0 saturated heterocycles. The van der Waals surface area contributed by atoms with Crippen LogP contribution >= 0.6 is 0 Å². The van der Waals surface area contributed by atoms with E-state index in [-0.39, 0.29) is 6.03 Å². The van der Waals surface area contributed by atoms with E-state index < -0.39 is 0 Å². The van der Waals surface area contributed by atoms with Gasteiger partial charge in [0, 0.05) is 11.7 Å². The maximum absolute atomic E-state index is 12.1. The van der Waals surface area contributed by atoms with Gasteiger partial charge in [-0.15, -0.1) is 0 Å². The van der Waals surface area contributed by atoms with Crippen LogP contribution in [0.4, 0.5) is 22.0 Å². The zero-order valence-corrected chi connectivity index (χ0v) is 14.9. The average Bonchev–Trinajstić information content (AvgIpc) is 2.61. The minimum absolute atomic E-state index is 0.149. The van der Waals surface area contributed by atoms with Gasteiger partial charge in [-0.3, -0.25) is 0 Å². The molecule has 0 spiro atoms. The van der Waals surface area contributed by atoms with Crippen LogP contribution in [0.1, 0.15) is 43.2 Å². The molecule has 25 heavy (non-hydrogen) atoms. The Morgan fingerprint density at radius 3 is 2.44 bits per heavy atom. The summed E-state index contributed by atoms with van der Waals surface area (Å²) in [6.45, 7) is 4.18. The van der Waals surface area contributed by atoms with Crippen molar-refractivity contribution in [3.8, 4) is 0 Å². The van der Waals surface area contributed by atoms with E-state index in [0.717, 1.165) is 24.3 Å². The van der Waals surface area contributed by atoms with Crippen molar-refractivity contribution in [1.29, 1.82) is 0 Å². The highest BCUT2D eigenvalue weighted by Gasteiger charge is 2.15. The van der Waals surface area contributed by atoms with Gasteiger partial charge in [-0.1, -0.05) is 25.3 Å². The van der Waals surface area contributed by atoms with Crippen molar-refractivity contribution in [3.05, 3.63) is 47.7 Å². The van der Waals surface area contributed by atoms with Gasteiger partial charge in [-0.2, -0.15) is 0 Å². The number of aryl methyl sites for hydroxylation is 2. The van der Waals surface area contributed by atoms with E-state index in [2.05, 4.69) is 46.9 Å². The molecule has 0 radical (unpaired) electrons. The van der Waals surface area contributed by atoms with Gasteiger partial charge in [-0.25, -0.2) is 9.78 Å². The minimum Gasteiger partial charge on any atom is -0.340 e. The van der Waals surface area contributed by atoms with Crippen molar-refractivity contribution in [1.82, 2.24) is 10.3 Å². The highest BCUT2D eigenvalue weighted by Crippen LogP contribution is 2.20. The fourth-order valence-corrected chi connectivity index (χ4v) is 3.11. The van der Waals surface area contributed by atoms with Gasteiger partial charge in [-0.05, 0) is 62.1 Å². The Morgan fingerprint density at radius 1 is 1.00 bits per heavy atom. The Kier molecular flexibility index (Phi) is 5.53. The summed E-state index contributed by atoms with van der Waals surface area (Å²) in [5.74, 6) is 0.751. The van der Waals surface area contributed by atoms with Crippen molar-refractivity contribution in [2.24, 2.45) is 0 Å². The fourth-order valence-electron chi connectivity index (χ4n) is 3.11. The number of carbonyl (C=O) groups excluding carboxylic acids is 1. The number of urea groups is 1. The topological polar surface area (TPSA) is 66.0 Å². The summed E-state index contributed by atoms with van der Waals surface area (Å²) in [4.78, 5) is 16.4. The predicted molar refractivity (Wildman–Crippen MR) is 102 cm³/mol. The Hall–Kier alpha value is -2.56. The molecule has 132 valence electrons. The minimum atomic E-state index is -0.149. The molecule has 1 fully saturated rings. The van der Waals surface area contributed by atoms with Crippen molar-refractivity contribution >= 4 is 23.2 Å². The highest BCUT2D eigenvalue weighted by atomic mass is 16.2. The second-order valence-electron chi connectivity index (χ2n) is 6.79. The van der Waals surface area contributed by atoms with Gasteiger partial charge in [0.05, 0.1) is 11.9 Å². The normalized spacial score (nSPS) is 14.8. The lowest BCUT2D eigenvalue weighted by Gasteiger charge is -2.22. The number of pyridine rings is 1. The first-order valence-corrected chi connectivity index (χ1v) is 8.98. The van der Waals surface area contributed by atoms with E-state index in [0.29, 0.717) is 11.7 Å². The molecule has 3 rings (SSSR count).